The van der Waals surface area contributed by atoms with Crippen LogP contribution in [0.3, 0.4) is 0 Å². The van der Waals surface area contributed by atoms with Gasteiger partial charge in [0.15, 0.2) is 11.5 Å². The number of hydrogen-bond acceptors (Lipinski definition) is 3. The molecule has 82 valence electrons. The summed E-state index contributed by atoms with van der Waals surface area (Å²) in [4.78, 5) is 0. The van der Waals surface area contributed by atoms with Crippen molar-refractivity contribution in [2.75, 3.05) is 13.4 Å². The molecule has 1 unspecified atom stereocenters. The molecular formula is C10H10BrFO3. The van der Waals surface area contributed by atoms with Gasteiger partial charge in [-0.25, -0.2) is 4.39 Å². The maximum absolute atomic E-state index is 13.8. The molecule has 0 bridgehead atoms. The molecule has 1 aliphatic rings. The molecule has 5 heteroatoms. The Kier molecular flexibility index (Phi) is 2.84. The highest BCUT2D eigenvalue weighted by atomic mass is 79.9. The number of aliphatic hydroxyl groups excluding tert-OH is 1. The summed E-state index contributed by atoms with van der Waals surface area (Å²) >= 11 is 3.12. The van der Waals surface area contributed by atoms with Crippen molar-refractivity contribution in [2.45, 2.75) is 12.8 Å². The zero-order valence-electron chi connectivity index (χ0n) is 8.09. The van der Waals surface area contributed by atoms with Crippen LogP contribution in [0.25, 0.3) is 0 Å². The number of rotatable bonds is 2. The van der Waals surface area contributed by atoms with Crippen molar-refractivity contribution >= 4 is 15.9 Å². The lowest BCUT2D eigenvalue weighted by Gasteiger charge is -2.12. The normalized spacial score (nSPS) is 15.5. The molecule has 0 radical (unpaired) electrons. The summed E-state index contributed by atoms with van der Waals surface area (Å²) in [6.45, 7) is 1.74. The van der Waals surface area contributed by atoms with Gasteiger partial charge in [0.2, 0.25) is 6.79 Å². The van der Waals surface area contributed by atoms with E-state index in [0.717, 1.165) is 0 Å². The van der Waals surface area contributed by atoms with Gasteiger partial charge in [-0.05, 0) is 27.6 Å². The molecule has 0 fully saturated rings. The average molecular weight is 277 g/mol. The van der Waals surface area contributed by atoms with E-state index in [2.05, 4.69) is 15.9 Å². The van der Waals surface area contributed by atoms with Crippen LogP contribution >= 0.6 is 15.9 Å². The van der Waals surface area contributed by atoms with E-state index in [1.807, 2.05) is 0 Å². The van der Waals surface area contributed by atoms with Crippen molar-refractivity contribution in [3.63, 3.8) is 0 Å². The first-order chi connectivity index (χ1) is 7.15. The van der Waals surface area contributed by atoms with E-state index in [-0.39, 0.29) is 23.8 Å². The van der Waals surface area contributed by atoms with Crippen molar-refractivity contribution < 1.29 is 19.0 Å². The van der Waals surface area contributed by atoms with Crippen molar-refractivity contribution in [1.82, 2.24) is 0 Å². The fourth-order valence-corrected chi connectivity index (χ4v) is 1.99. The van der Waals surface area contributed by atoms with E-state index in [1.165, 1.54) is 0 Å². The molecule has 0 saturated carbocycles. The Morgan fingerprint density at radius 3 is 3.00 bits per heavy atom. The first-order valence-corrected chi connectivity index (χ1v) is 5.32. The van der Waals surface area contributed by atoms with Gasteiger partial charge in [-0.1, -0.05) is 6.92 Å². The molecule has 0 amide bonds. The summed E-state index contributed by atoms with van der Waals surface area (Å²) in [5.74, 6) is 0.233. The Morgan fingerprint density at radius 1 is 1.60 bits per heavy atom. The highest BCUT2D eigenvalue weighted by molar-refractivity contribution is 9.10. The molecule has 1 aromatic rings. The highest BCUT2D eigenvalue weighted by Gasteiger charge is 2.24. The maximum Gasteiger partial charge on any atom is 0.231 e. The Balaban J connectivity index is 2.54. The van der Waals surface area contributed by atoms with Gasteiger partial charge in [0.1, 0.15) is 5.82 Å². The van der Waals surface area contributed by atoms with Gasteiger partial charge in [-0.2, -0.15) is 0 Å². The molecule has 0 saturated heterocycles. The number of aliphatic hydroxyl groups is 1. The summed E-state index contributed by atoms with van der Waals surface area (Å²) < 4.78 is 24.3. The number of hydrogen-bond donors (Lipinski definition) is 1. The Hall–Kier alpha value is -0.810. The minimum absolute atomic E-state index is 0.102. The molecule has 2 rings (SSSR count). The van der Waals surface area contributed by atoms with Gasteiger partial charge >= 0.3 is 0 Å². The van der Waals surface area contributed by atoms with Crippen LogP contribution in [0.5, 0.6) is 11.5 Å². The lowest BCUT2D eigenvalue weighted by Crippen LogP contribution is -2.02. The third-order valence-electron chi connectivity index (χ3n) is 2.38. The summed E-state index contributed by atoms with van der Waals surface area (Å²) in [6.07, 6.45) is 0. The van der Waals surface area contributed by atoms with Crippen LogP contribution in [0.4, 0.5) is 4.39 Å². The second-order valence-electron chi connectivity index (χ2n) is 3.41. The summed E-state index contributed by atoms with van der Waals surface area (Å²) in [7, 11) is 0. The van der Waals surface area contributed by atoms with Crippen molar-refractivity contribution in [3.8, 4) is 11.5 Å². The molecule has 1 N–H and O–H groups in total. The number of ether oxygens (including phenoxy) is 2. The maximum atomic E-state index is 13.8. The zero-order chi connectivity index (χ0) is 11.0. The second kappa shape index (κ2) is 3.98. The van der Waals surface area contributed by atoms with E-state index in [1.54, 1.807) is 13.0 Å². The topological polar surface area (TPSA) is 38.7 Å². The van der Waals surface area contributed by atoms with Crippen LogP contribution in [-0.2, 0) is 0 Å². The van der Waals surface area contributed by atoms with Gasteiger partial charge < -0.3 is 14.6 Å². The van der Waals surface area contributed by atoms with Crippen LogP contribution in [-0.4, -0.2) is 18.5 Å². The minimum atomic E-state index is -0.402. The highest BCUT2D eigenvalue weighted by Crippen LogP contribution is 2.43. The molecule has 0 spiro atoms. The van der Waals surface area contributed by atoms with E-state index < -0.39 is 5.82 Å². The van der Waals surface area contributed by atoms with Gasteiger partial charge in [0, 0.05) is 12.5 Å². The van der Waals surface area contributed by atoms with E-state index >= 15 is 0 Å². The first kappa shape index (κ1) is 10.7. The number of benzene rings is 1. The third-order valence-corrected chi connectivity index (χ3v) is 3.09. The van der Waals surface area contributed by atoms with E-state index in [4.69, 9.17) is 14.6 Å². The van der Waals surface area contributed by atoms with E-state index in [0.29, 0.717) is 17.1 Å². The van der Waals surface area contributed by atoms with Crippen LogP contribution in [0, 0.1) is 5.82 Å². The van der Waals surface area contributed by atoms with Gasteiger partial charge in [-0.15, -0.1) is 0 Å². The lowest BCUT2D eigenvalue weighted by molar-refractivity contribution is 0.173. The molecule has 1 heterocycles. The Morgan fingerprint density at radius 2 is 2.33 bits per heavy atom. The second-order valence-corrected chi connectivity index (χ2v) is 4.20. The quantitative estimate of drug-likeness (QED) is 0.902. The molecule has 3 nitrogen and oxygen atoms in total. The molecule has 15 heavy (non-hydrogen) atoms. The first-order valence-electron chi connectivity index (χ1n) is 4.53. The van der Waals surface area contributed by atoms with Crippen molar-refractivity contribution in [1.29, 1.82) is 0 Å². The van der Waals surface area contributed by atoms with Crippen molar-refractivity contribution in [2.24, 2.45) is 0 Å². The molecule has 0 aliphatic carbocycles. The Labute approximate surface area is 94.9 Å². The van der Waals surface area contributed by atoms with E-state index in [9.17, 15) is 4.39 Å². The fourth-order valence-electron chi connectivity index (χ4n) is 1.46. The van der Waals surface area contributed by atoms with Crippen molar-refractivity contribution in [3.05, 3.63) is 21.9 Å². The third kappa shape index (κ3) is 1.70. The predicted molar refractivity (Wildman–Crippen MR) is 55.7 cm³/mol. The van der Waals surface area contributed by atoms with Crippen LogP contribution in [0.15, 0.2) is 10.5 Å². The summed E-state index contributed by atoms with van der Waals surface area (Å²) in [6, 6.07) is 1.57. The van der Waals surface area contributed by atoms with Gasteiger partial charge in [-0.3, -0.25) is 0 Å². The summed E-state index contributed by atoms with van der Waals surface area (Å²) in [5, 5.41) is 9.00. The zero-order valence-corrected chi connectivity index (χ0v) is 9.67. The van der Waals surface area contributed by atoms with Gasteiger partial charge in [0.05, 0.1) is 4.47 Å². The van der Waals surface area contributed by atoms with Crippen LogP contribution < -0.4 is 9.47 Å². The molecular weight excluding hydrogens is 267 g/mol. The average Bonchev–Trinajstić information content (AvgIpc) is 2.70. The molecule has 1 atom stereocenters. The minimum Gasteiger partial charge on any atom is -0.454 e. The predicted octanol–water partition coefficient (Wildman–Crippen LogP) is 2.41. The smallest absolute Gasteiger partial charge is 0.231 e. The number of fused-ring (bicyclic) bond motifs is 1. The largest absolute Gasteiger partial charge is 0.454 e. The number of halogens is 2. The SMILES string of the molecule is CC(CO)c1cc2c(c(Br)c1F)OCO2. The molecule has 1 aromatic carbocycles. The Bertz CT molecular complexity index is 395. The molecule has 1 aliphatic heterocycles. The van der Waals surface area contributed by atoms with Crippen LogP contribution in [0.1, 0.15) is 18.4 Å². The monoisotopic (exact) mass is 276 g/mol. The van der Waals surface area contributed by atoms with Crippen LogP contribution in [0.2, 0.25) is 0 Å². The molecule has 0 aromatic heterocycles. The fraction of sp³-hybridized carbons (Fsp3) is 0.400. The summed E-state index contributed by atoms with van der Waals surface area (Å²) in [5.41, 5.74) is 0.425. The standard InChI is InChI=1S/C10H10BrFO3/c1-5(3-13)6-2-7-10(15-4-14-7)8(11)9(6)12/h2,5,13H,3-4H2,1H3. The van der Waals surface area contributed by atoms with Gasteiger partial charge in [0.25, 0.3) is 0 Å². The lowest BCUT2D eigenvalue weighted by atomic mass is 10.0.